The molecule has 0 amide bonds. The number of nitrogens with zero attached hydrogens (tertiary/aromatic N) is 2. The van der Waals surface area contributed by atoms with Crippen LogP contribution in [0.15, 0.2) is 65.7 Å². The fraction of sp³-hybridized carbons (Fsp3) is 0.348. The number of methoxy groups -OCH3 is 1. The van der Waals surface area contributed by atoms with Gasteiger partial charge in [0.15, 0.2) is 0 Å². The maximum Gasteiger partial charge on any atom is 0.244 e. The van der Waals surface area contributed by atoms with Crippen molar-refractivity contribution in [3.8, 4) is 17.0 Å². The maximum absolute atomic E-state index is 13.2. The summed E-state index contributed by atoms with van der Waals surface area (Å²) in [6, 6.07) is 17.4. The van der Waals surface area contributed by atoms with Crippen molar-refractivity contribution in [2.45, 2.75) is 43.0 Å². The summed E-state index contributed by atoms with van der Waals surface area (Å²) in [5.41, 5.74) is 2.28. The van der Waals surface area contributed by atoms with Gasteiger partial charge in [0.05, 0.1) is 13.2 Å². The minimum Gasteiger partial charge on any atom is -0.496 e. The van der Waals surface area contributed by atoms with E-state index in [0.29, 0.717) is 12.1 Å². The fourth-order valence-corrected chi connectivity index (χ4v) is 5.22. The van der Waals surface area contributed by atoms with Gasteiger partial charge >= 0.3 is 0 Å². The standard InChI is InChI=1S/C23H27N3O3S/c1-29-21-14-8-5-9-18(21)15-16-24-30(27,28)22-17-26(20-12-6-7-13-20)25-23(22)19-10-3-2-4-11-19/h2-5,8-11,14,17,20,24H,6-7,12-13,15-16H2,1H3. The van der Waals surface area contributed by atoms with E-state index in [4.69, 9.17) is 9.84 Å². The molecule has 7 heteroatoms. The van der Waals surface area contributed by atoms with Gasteiger partial charge in [0.2, 0.25) is 10.0 Å². The van der Waals surface area contributed by atoms with Crippen LogP contribution in [0.4, 0.5) is 0 Å². The van der Waals surface area contributed by atoms with E-state index in [2.05, 4.69) is 4.72 Å². The summed E-state index contributed by atoms with van der Waals surface area (Å²) in [4.78, 5) is 0.237. The van der Waals surface area contributed by atoms with Gasteiger partial charge in [-0.05, 0) is 30.9 Å². The van der Waals surface area contributed by atoms with E-state index in [1.165, 1.54) is 0 Å². The van der Waals surface area contributed by atoms with Crippen LogP contribution in [0.2, 0.25) is 0 Å². The molecule has 4 rings (SSSR count). The molecule has 1 N–H and O–H groups in total. The molecule has 0 unspecified atom stereocenters. The second kappa shape index (κ2) is 9.02. The van der Waals surface area contributed by atoms with Crippen LogP contribution in [-0.4, -0.2) is 31.9 Å². The van der Waals surface area contributed by atoms with Crippen LogP contribution in [0.5, 0.6) is 5.75 Å². The molecule has 1 aromatic heterocycles. The summed E-state index contributed by atoms with van der Waals surface area (Å²) in [6.45, 7) is 0.283. The van der Waals surface area contributed by atoms with Crippen LogP contribution >= 0.6 is 0 Å². The number of benzene rings is 2. The van der Waals surface area contributed by atoms with Crippen molar-refractivity contribution in [1.29, 1.82) is 0 Å². The molecular weight excluding hydrogens is 398 g/mol. The van der Waals surface area contributed by atoms with Gasteiger partial charge in [-0.25, -0.2) is 13.1 Å². The Kier molecular flexibility index (Phi) is 6.20. The summed E-state index contributed by atoms with van der Waals surface area (Å²) in [5, 5.41) is 4.70. The predicted molar refractivity (Wildman–Crippen MR) is 117 cm³/mol. The first-order valence-electron chi connectivity index (χ1n) is 10.3. The molecule has 1 aliphatic carbocycles. The number of sulfonamides is 1. The van der Waals surface area contributed by atoms with Crippen LogP contribution in [0.3, 0.4) is 0 Å². The molecule has 1 aliphatic rings. The van der Waals surface area contributed by atoms with Gasteiger partial charge in [0, 0.05) is 18.3 Å². The van der Waals surface area contributed by atoms with Gasteiger partial charge in [-0.1, -0.05) is 61.4 Å². The molecule has 158 valence electrons. The van der Waals surface area contributed by atoms with Crippen LogP contribution < -0.4 is 9.46 Å². The van der Waals surface area contributed by atoms with E-state index < -0.39 is 10.0 Å². The molecule has 1 heterocycles. The molecule has 0 atom stereocenters. The molecule has 0 radical (unpaired) electrons. The first-order valence-corrected chi connectivity index (χ1v) is 11.8. The number of nitrogens with one attached hydrogen (secondary N) is 1. The highest BCUT2D eigenvalue weighted by molar-refractivity contribution is 7.89. The lowest BCUT2D eigenvalue weighted by Crippen LogP contribution is -2.26. The third-order valence-corrected chi connectivity index (χ3v) is 7.07. The quantitative estimate of drug-likeness (QED) is 0.587. The summed E-state index contributed by atoms with van der Waals surface area (Å²) < 4.78 is 36.4. The van der Waals surface area contributed by atoms with Crippen LogP contribution in [0, 0.1) is 0 Å². The zero-order valence-electron chi connectivity index (χ0n) is 17.1. The molecule has 1 saturated carbocycles. The Bertz CT molecular complexity index is 1090. The van der Waals surface area contributed by atoms with E-state index >= 15 is 0 Å². The second-order valence-corrected chi connectivity index (χ2v) is 9.32. The van der Waals surface area contributed by atoms with E-state index in [0.717, 1.165) is 42.6 Å². The number of aromatic nitrogens is 2. The lowest BCUT2D eigenvalue weighted by molar-refractivity contribution is 0.409. The molecule has 3 aromatic rings. The summed E-state index contributed by atoms with van der Waals surface area (Å²) >= 11 is 0. The minimum atomic E-state index is -3.71. The molecule has 0 bridgehead atoms. The van der Waals surface area contributed by atoms with Crippen molar-refractivity contribution in [3.63, 3.8) is 0 Å². The van der Waals surface area contributed by atoms with E-state index in [1.54, 1.807) is 13.3 Å². The lowest BCUT2D eigenvalue weighted by Gasteiger charge is -2.10. The summed E-state index contributed by atoms with van der Waals surface area (Å²) in [5.74, 6) is 0.760. The maximum atomic E-state index is 13.2. The molecule has 6 nitrogen and oxygen atoms in total. The van der Waals surface area contributed by atoms with Crippen molar-refractivity contribution < 1.29 is 13.2 Å². The number of para-hydroxylation sites is 1. The van der Waals surface area contributed by atoms with Crippen molar-refractivity contribution in [2.75, 3.05) is 13.7 Å². The third-order valence-electron chi connectivity index (χ3n) is 5.61. The Morgan fingerprint density at radius 2 is 1.77 bits per heavy atom. The third kappa shape index (κ3) is 4.42. The largest absolute Gasteiger partial charge is 0.496 e. The Morgan fingerprint density at radius 3 is 2.50 bits per heavy atom. The highest BCUT2D eigenvalue weighted by atomic mass is 32.2. The van der Waals surface area contributed by atoms with Crippen molar-refractivity contribution in [2.24, 2.45) is 0 Å². The Morgan fingerprint density at radius 1 is 1.07 bits per heavy atom. The number of rotatable bonds is 8. The number of hydrogen-bond donors (Lipinski definition) is 1. The first-order chi connectivity index (χ1) is 14.6. The van der Waals surface area contributed by atoms with Gasteiger partial charge in [0.25, 0.3) is 0 Å². The van der Waals surface area contributed by atoms with E-state index in [-0.39, 0.29) is 17.5 Å². The van der Waals surface area contributed by atoms with Crippen molar-refractivity contribution in [3.05, 3.63) is 66.4 Å². The lowest BCUT2D eigenvalue weighted by atomic mass is 10.1. The van der Waals surface area contributed by atoms with Crippen LogP contribution in [0.25, 0.3) is 11.3 Å². The number of hydrogen-bond acceptors (Lipinski definition) is 4. The topological polar surface area (TPSA) is 73.2 Å². The zero-order chi connectivity index (χ0) is 21.0. The highest BCUT2D eigenvalue weighted by Crippen LogP contribution is 2.33. The van der Waals surface area contributed by atoms with Gasteiger partial charge in [-0.15, -0.1) is 0 Å². The molecule has 0 aliphatic heterocycles. The molecule has 30 heavy (non-hydrogen) atoms. The van der Waals surface area contributed by atoms with E-state index in [9.17, 15) is 8.42 Å². The van der Waals surface area contributed by atoms with Gasteiger partial charge in [-0.2, -0.15) is 5.10 Å². The Labute approximate surface area is 177 Å². The van der Waals surface area contributed by atoms with Crippen LogP contribution in [0.1, 0.15) is 37.3 Å². The van der Waals surface area contributed by atoms with Gasteiger partial charge in [-0.3, -0.25) is 4.68 Å². The highest BCUT2D eigenvalue weighted by Gasteiger charge is 2.27. The molecule has 0 spiro atoms. The summed E-state index contributed by atoms with van der Waals surface area (Å²) in [7, 11) is -2.09. The average molecular weight is 426 g/mol. The fourth-order valence-electron chi connectivity index (χ4n) is 4.03. The smallest absolute Gasteiger partial charge is 0.244 e. The number of ether oxygens (including phenoxy) is 1. The Hall–Kier alpha value is -2.64. The Balaban J connectivity index is 1.59. The molecular formula is C23H27N3O3S. The van der Waals surface area contributed by atoms with Crippen molar-refractivity contribution in [1.82, 2.24) is 14.5 Å². The summed E-state index contributed by atoms with van der Waals surface area (Å²) in [6.07, 6.45) is 6.63. The first kappa shape index (κ1) is 20.6. The van der Waals surface area contributed by atoms with Gasteiger partial charge in [0.1, 0.15) is 16.3 Å². The van der Waals surface area contributed by atoms with Crippen molar-refractivity contribution >= 4 is 10.0 Å². The zero-order valence-corrected chi connectivity index (χ0v) is 17.9. The average Bonchev–Trinajstić information content (AvgIpc) is 3.45. The van der Waals surface area contributed by atoms with Gasteiger partial charge < -0.3 is 4.74 Å². The monoisotopic (exact) mass is 425 g/mol. The normalized spacial score (nSPS) is 14.8. The SMILES string of the molecule is COc1ccccc1CCNS(=O)(=O)c1cn(C2CCCC2)nc1-c1ccccc1. The second-order valence-electron chi connectivity index (χ2n) is 7.59. The molecule has 1 fully saturated rings. The molecule has 0 saturated heterocycles. The van der Waals surface area contributed by atoms with Crippen LogP contribution in [-0.2, 0) is 16.4 Å². The predicted octanol–water partition coefficient (Wildman–Crippen LogP) is 4.19. The minimum absolute atomic E-state index is 0.237. The molecule has 2 aromatic carbocycles. The van der Waals surface area contributed by atoms with E-state index in [1.807, 2.05) is 59.3 Å².